The van der Waals surface area contributed by atoms with E-state index in [0.29, 0.717) is 0 Å². The van der Waals surface area contributed by atoms with Gasteiger partial charge in [-0.2, -0.15) is 0 Å². The largest absolute Gasteiger partial charge is 0.314 e. The molecule has 1 aromatic heterocycles. The fourth-order valence-electron chi connectivity index (χ4n) is 1.53. The minimum atomic E-state index is 0.160. The van der Waals surface area contributed by atoms with Crippen LogP contribution in [0.3, 0.4) is 0 Å². The maximum Gasteiger partial charge on any atom is 0.0798 e. The number of nitrogens with zero attached hydrogens (tertiary/aromatic N) is 2. The molecule has 0 saturated carbocycles. The van der Waals surface area contributed by atoms with E-state index in [0.717, 1.165) is 18.8 Å². The lowest BCUT2D eigenvalue weighted by molar-refractivity contribution is 0.239. The molecule has 0 amide bonds. The van der Waals surface area contributed by atoms with Crippen LogP contribution in [0.5, 0.6) is 0 Å². The Morgan fingerprint density at radius 2 is 2.20 bits per heavy atom. The van der Waals surface area contributed by atoms with E-state index in [2.05, 4.69) is 43.0 Å². The Balaban J connectivity index is 2.50. The average Bonchev–Trinajstić information content (AvgIpc) is 2.51. The van der Waals surface area contributed by atoms with Gasteiger partial charge in [0.05, 0.1) is 11.2 Å². The highest BCUT2D eigenvalue weighted by molar-refractivity contribution is 7.09. The molecule has 0 aliphatic carbocycles. The zero-order valence-electron chi connectivity index (χ0n) is 10.3. The average molecular weight is 227 g/mol. The molecule has 0 radical (unpaired) electrons. The number of nitrogens with one attached hydrogen (secondary N) is 1. The van der Waals surface area contributed by atoms with Crippen LogP contribution in [0, 0.1) is 6.92 Å². The van der Waals surface area contributed by atoms with E-state index in [9.17, 15) is 0 Å². The summed E-state index contributed by atoms with van der Waals surface area (Å²) < 4.78 is 0. The van der Waals surface area contributed by atoms with Gasteiger partial charge in [-0.05, 0) is 34.9 Å². The standard InChI is InChI=1S/C11H21N3S/c1-9-10(15-8-13-9)6-14(5)7-11(2,3)12-4/h8,12H,6-7H2,1-5H3. The molecule has 4 heteroatoms. The Morgan fingerprint density at radius 1 is 1.53 bits per heavy atom. The van der Waals surface area contributed by atoms with E-state index < -0.39 is 0 Å². The van der Waals surface area contributed by atoms with Gasteiger partial charge < -0.3 is 5.32 Å². The van der Waals surface area contributed by atoms with Gasteiger partial charge in [-0.15, -0.1) is 11.3 Å². The van der Waals surface area contributed by atoms with Crippen LogP contribution in [0.25, 0.3) is 0 Å². The van der Waals surface area contributed by atoms with Crippen molar-refractivity contribution in [3.8, 4) is 0 Å². The van der Waals surface area contributed by atoms with Crippen LogP contribution in [-0.4, -0.2) is 36.1 Å². The van der Waals surface area contributed by atoms with E-state index >= 15 is 0 Å². The summed E-state index contributed by atoms with van der Waals surface area (Å²) in [6.45, 7) is 8.51. The third-order valence-electron chi connectivity index (χ3n) is 2.60. The maximum absolute atomic E-state index is 4.26. The molecule has 3 nitrogen and oxygen atoms in total. The molecule has 0 atom stereocenters. The van der Waals surface area contributed by atoms with Gasteiger partial charge >= 0.3 is 0 Å². The van der Waals surface area contributed by atoms with E-state index in [1.165, 1.54) is 4.88 Å². The van der Waals surface area contributed by atoms with Gasteiger partial charge in [0.15, 0.2) is 0 Å². The topological polar surface area (TPSA) is 28.2 Å². The lowest BCUT2D eigenvalue weighted by Gasteiger charge is -2.29. The fraction of sp³-hybridized carbons (Fsp3) is 0.727. The Kier molecular flexibility index (Phi) is 4.25. The molecule has 1 heterocycles. The monoisotopic (exact) mass is 227 g/mol. The molecule has 1 aromatic rings. The second kappa shape index (κ2) is 5.05. The molecule has 0 bridgehead atoms. The second-order valence-electron chi connectivity index (χ2n) is 4.67. The van der Waals surface area contributed by atoms with Crippen molar-refractivity contribution in [1.82, 2.24) is 15.2 Å². The number of aromatic nitrogens is 1. The highest BCUT2D eigenvalue weighted by Gasteiger charge is 2.17. The van der Waals surface area contributed by atoms with Gasteiger partial charge in [-0.3, -0.25) is 4.90 Å². The highest BCUT2D eigenvalue weighted by Crippen LogP contribution is 2.15. The molecule has 0 fully saturated rings. The van der Waals surface area contributed by atoms with Gasteiger partial charge in [0, 0.05) is 23.5 Å². The predicted molar refractivity (Wildman–Crippen MR) is 66.3 cm³/mol. The molecular formula is C11H21N3S. The van der Waals surface area contributed by atoms with E-state index in [4.69, 9.17) is 0 Å². The molecule has 0 unspecified atom stereocenters. The normalized spacial score (nSPS) is 12.4. The van der Waals surface area contributed by atoms with Crippen molar-refractivity contribution in [3.63, 3.8) is 0 Å². The molecule has 0 spiro atoms. The van der Waals surface area contributed by atoms with E-state index in [1.807, 2.05) is 12.6 Å². The van der Waals surface area contributed by atoms with Crippen LogP contribution in [0.15, 0.2) is 5.51 Å². The number of hydrogen-bond acceptors (Lipinski definition) is 4. The molecule has 0 aromatic carbocycles. The van der Waals surface area contributed by atoms with Crippen LogP contribution >= 0.6 is 11.3 Å². The van der Waals surface area contributed by atoms with Crippen molar-refractivity contribution < 1.29 is 0 Å². The summed E-state index contributed by atoms with van der Waals surface area (Å²) in [5, 5.41) is 3.31. The summed E-state index contributed by atoms with van der Waals surface area (Å²) in [6.07, 6.45) is 0. The Bertz CT molecular complexity index is 307. The van der Waals surface area contributed by atoms with E-state index in [1.54, 1.807) is 11.3 Å². The van der Waals surface area contributed by atoms with Crippen molar-refractivity contribution in [2.45, 2.75) is 32.9 Å². The van der Waals surface area contributed by atoms with Gasteiger partial charge in [0.2, 0.25) is 0 Å². The Labute approximate surface area is 96.5 Å². The number of hydrogen-bond donors (Lipinski definition) is 1. The van der Waals surface area contributed by atoms with Crippen molar-refractivity contribution in [2.24, 2.45) is 0 Å². The summed E-state index contributed by atoms with van der Waals surface area (Å²) in [5.41, 5.74) is 3.24. The molecular weight excluding hydrogens is 206 g/mol. The Morgan fingerprint density at radius 3 is 2.67 bits per heavy atom. The lowest BCUT2D eigenvalue weighted by Crippen LogP contribution is -2.46. The SMILES string of the molecule is CNC(C)(C)CN(C)Cc1scnc1C. The minimum Gasteiger partial charge on any atom is -0.314 e. The van der Waals surface area contributed by atoms with Crippen molar-refractivity contribution in [3.05, 3.63) is 16.1 Å². The van der Waals surface area contributed by atoms with Gasteiger partial charge in [0.25, 0.3) is 0 Å². The first-order valence-electron chi connectivity index (χ1n) is 5.21. The molecule has 1 rings (SSSR count). The van der Waals surface area contributed by atoms with Crippen molar-refractivity contribution >= 4 is 11.3 Å². The van der Waals surface area contributed by atoms with Crippen molar-refractivity contribution in [1.29, 1.82) is 0 Å². The maximum atomic E-state index is 4.26. The molecule has 0 saturated heterocycles. The number of thiazole rings is 1. The molecule has 0 aliphatic heterocycles. The third-order valence-corrected chi connectivity index (χ3v) is 3.52. The quantitative estimate of drug-likeness (QED) is 0.832. The first-order valence-corrected chi connectivity index (χ1v) is 6.09. The minimum absolute atomic E-state index is 0.160. The lowest BCUT2D eigenvalue weighted by atomic mass is 10.1. The van der Waals surface area contributed by atoms with Crippen LogP contribution in [0.1, 0.15) is 24.4 Å². The second-order valence-corrected chi connectivity index (χ2v) is 5.61. The summed E-state index contributed by atoms with van der Waals surface area (Å²) in [7, 11) is 4.16. The van der Waals surface area contributed by atoms with Crippen LogP contribution in [0.4, 0.5) is 0 Å². The first kappa shape index (κ1) is 12.6. The Hall–Kier alpha value is -0.450. The molecule has 15 heavy (non-hydrogen) atoms. The third kappa shape index (κ3) is 3.89. The number of likely N-dealkylation sites (N-methyl/N-ethyl adjacent to an activating group) is 2. The fourth-order valence-corrected chi connectivity index (χ4v) is 2.39. The van der Waals surface area contributed by atoms with E-state index in [-0.39, 0.29) is 5.54 Å². The summed E-state index contributed by atoms with van der Waals surface area (Å²) in [4.78, 5) is 7.96. The highest BCUT2D eigenvalue weighted by atomic mass is 32.1. The summed E-state index contributed by atoms with van der Waals surface area (Å²) in [5.74, 6) is 0. The summed E-state index contributed by atoms with van der Waals surface area (Å²) >= 11 is 1.74. The van der Waals surface area contributed by atoms with Gasteiger partial charge in [0.1, 0.15) is 0 Å². The smallest absolute Gasteiger partial charge is 0.0798 e. The zero-order chi connectivity index (χ0) is 11.5. The first-order chi connectivity index (χ1) is 6.94. The van der Waals surface area contributed by atoms with Crippen LogP contribution in [-0.2, 0) is 6.54 Å². The van der Waals surface area contributed by atoms with Crippen LogP contribution < -0.4 is 5.32 Å². The van der Waals surface area contributed by atoms with Gasteiger partial charge in [-0.1, -0.05) is 0 Å². The predicted octanol–water partition coefficient (Wildman–Crippen LogP) is 1.88. The number of aryl methyl sites for hydroxylation is 1. The molecule has 1 N–H and O–H groups in total. The zero-order valence-corrected chi connectivity index (χ0v) is 11.1. The number of rotatable bonds is 5. The summed E-state index contributed by atoms with van der Waals surface area (Å²) in [6, 6.07) is 0. The molecule has 0 aliphatic rings. The van der Waals surface area contributed by atoms with Crippen molar-refractivity contribution in [2.75, 3.05) is 20.6 Å². The van der Waals surface area contributed by atoms with Crippen LogP contribution in [0.2, 0.25) is 0 Å². The molecule has 86 valence electrons. The van der Waals surface area contributed by atoms with Gasteiger partial charge in [-0.25, -0.2) is 4.98 Å².